The lowest BCUT2D eigenvalue weighted by Crippen LogP contribution is -2.55. The lowest BCUT2D eigenvalue weighted by atomic mass is 10.1. The van der Waals surface area contributed by atoms with Gasteiger partial charge in [-0.3, -0.25) is 19.6 Å². The number of guanidine groups is 1. The van der Waals surface area contributed by atoms with Crippen LogP contribution in [0.2, 0.25) is 0 Å². The number of likely N-dealkylation sites (tertiary alicyclic amines) is 2. The Balaban J connectivity index is 0.00000300. The number of aliphatic imine (C=N–C) groups is 1. The Morgan fingerprint density at radius 2 is 1.69 bits per heavy atom. The highest BCUT2D eigenvalue weighted by molar-refractivity contribution is 14.0. The predicted octanol–water partition coefficient (Wildman–Crippen LogP) is 1.54. The molecule has 168 valence electrons. The zero-order chi connectivity index (χ0) is 19.9. The molecule has 8 heteroatoms. The van der Waals surface area contributed by atoms with Crippen LogP contribution in [0.4, 0.5) is 0 Å². The molecule has 3 aliphatic heterocycles. The predicted molar refractivity (Wildman–Crippen MR) is 130 cm³/mol. The molecule has 0 unspecified atom stereocenters. The molecule has 1 N–H and O–H groups in total. The Kier molecular flexibility index (Phi) is 10.5. The summed E-state index contributed by atoms with van der Waals surface area (Å²) in [6, 6.07) is 0.624. The fourth-order valence-corrected chi connectivity index (χ4v) is 4.75. The molecule has 29 heavy (non-hydrogen) atoms. The molecule has 7 nitrogen and oxygen atoms in total. The Hall–Kier alpha value is -0.610. The van der Waals surface area contributed by atoms with Gasteiger partial charge in [0.05, 0.1) is 6.54 Å². The molecule has 0 saturated carbocycles. The van der Waals surface area contributed by atoms with Crippen LogP contribution in [0.5, 0.6) is 0 Å². The second-order valence-corrected chi connectivity index (χ2v) is 8.96. The fraction of sp³-hybridized carbons (Fsp3) is 0.905. The number of carbonyl (C=O) groups is 1. The molecule has 0 radical (unpaired) electrons. The van der Waals surface area contributed by atoms with Gasteiger partial charge in [-0.2, -0.15) is 0 Å². The molecule has 3 heterocycles. The first-order valence-electron chi connectivity index (χ1n) is 11.3. The minimum atomic E-state index is 0. The molecule has 0 aromatic carbocycles. The quantitative estimate of drug-likeness (QED) is 0.327. The maximum atomic E-state index is 12.4. The van der Waals surface area contributed by atoms with Gasteiger partial charge in [-0.15, -0.1) is 24.0 Å². The van der Waals surface area contributed by atoms with Crippen molar-refractivity contribution in [2.75, 3.05) is 72.5 Å². The van der Waals surface area contributed by atoms with Gasteiger partial charge in [-0.05, 0) is 38.1 Å². The van der Waals surface area contributed by atoms with Crippen LogP contribution in [-0.2, 0) is 4.79 Å². The van der Waals surface area contributed by atoms with E-state index in [9.17, 15) is 4.79 Å². The molecular weight excluding hydrogens is 479 g/mol. The van der Waals surface area contributed by atoms with Crippen molar-refractivity contribution in [1.29, 1.82) is 0 Å². The smallest absolute Gasteiger partial charge is 0.236 e. The molecule has 3 aliphatic rings. The standard InChI is InChI=1S/C21H40N6O.HI/c1-18(2)16-27-10-6-7-19(27)15-23-21(22-3)26-13-11-24(12-14-26)17-20(28)25-8-4-5-9-25;/h18-19H,4-17H2,1-3H3,(H,22,23);1H/t19-;/m1./s1. The molecule has 0 aromatic heterocycles. The number of piperazine rings is 1. The van der Waals surface area contributed by atoms with Crippen molar-refractivity contribution in [3.05, 3.63) is 0 Å². The third-order valence-corrected chi connectivity index (χ3v) is 6.30. The van der Waals surface area contributed by atoms with Crippen molar-refractivity contribution in [2.24, 2.45) is 10.9 Å². The summed E-state index contributed by atoms with van der Waals surface area (Å²) in [5.74, 6) is 2.04. The average molecular weight is 521 g/mol. The van der Waals surface area contributed by atoms with Crippen LogP contribution in [0.3, 0.4) is 0 Å². The summed E-state index contributed by atoms with van der Waals surface area (Å²) < 4.78 is 0. The van der Waals surface area contributed by atoms with Gasteiger partial charge in [0.2, 0.25) is 5.91 Å². The number of carbonyl (C=O) groups excluding carboxylic acids is 1. The van der Waals surface area contributed by atoms with Crippen LogP contribution < -0.4 is 5.32 Å². The van der Waals surface area contributed by atoms with Gasteiger partial charge < -0.3 is 15.1 Å². The average Bonchev–Trinajstić information content (AvgIpc) is 3.35. The number of amides is 1. The third kappa shape index (κ3) is 7.24. The molecule has 0 aromatic rings. The minimum Gasteiger partial charge on any atom is -0.355 e. The Morgan fingerprint density at radius 3 is 2.31 bits per heavy atom. The molecule has 1 amide bonds. The lowest BCUT2D eigenvalue weighted by molar-refractivity contribution is -0.131. The number of hydrogen-bond acceptors (Lipinski definition) is 4. The summed E-state index contributed by atoms with van der Waals surface area (Å²) in [5.41, 5.74) is 0. The highest BCUT2D eigenvalue weighted by Gasteiger charge is 2.27. The molecule has 0 bridgehead atoms. The highest BCUT2D eigenvalue weighted by Crippen LogP contribution is 2.18. The van der Waals surface area contributed by atoms with Crippen molar-refractivity contribution in [1.82, 2.24) is 24.9 Å². The van der Waals surface area contributed by atoms with Crippen molar-refractivity contribution in [3.63, 3.8) is 0 Å². The number of hydrogen-bond donors (Lipinski definition) is 1. The zero-order valence-electron chi connectivity index (χ0n) is 18.6. The van der Waals surface area contributed by atoms with E-state index in [4.69, 9.17) is 0 Å². The Morgan fingerprint density at radius 1 is 1.00 bits per heavy atom. The molecule has 3 saturated heterocycles. The van der Waals surface area contributed by atoms with Crippen molar-refractivity contribution in [2.45, 2.75) is 45.6 Å². The highest BCUT2D eigenvalue weighted by atomic mass is 127. The van der Waals surface area contributed by atoms with E-state index in [0.29, 0.717) is 18.5 Å². The lowest BCUT2D eigenvalue weighted by Gasteiger charge is -2.37. The monoisotopic (exact) mass is 520 g/mol. The van der Waals surface area contributed by atoms with Gasteiger partial charge in [0.25, 0.3) is 0 Å². The molecule has 0 spiro atoms. The minimum absolute atomic E-state index is 0. The van der Waals surface area contributed by atoms with Crippen LogP contribution in [0.25, 0.3) is 0 Å². The van der Waals surface area contributed by atoms with Crippen LogP contribution in [0.15, 0.2) is 4.99 Å². The SMILES string of the molecule is CN=C(NC[C@H]1CCCN1CC(C)C)N1CCN(CC(=O)N2CCCC2)CC1.I. The van der Waals surface area contributed by atoms with Crippen molar-refractivity contribution < 1.29 is 4.79 Å². The first-order valence-corrected chi connectivity index (χ1v) is 11.3. The van der Waals surface area contributed by atoms with Crippen LogP contribution in [0, 0.1) is 5.92 Å². The van der Waals surface area contributed by atoms with E-state index in [-0.39, 0.29) is 24.0 Å². The first kappa shape index (κ1) is 24.7. The topological polar surface area (TPSA) is 54.4 Å². The Bertz CT molecular complexity index is 529. The number of nitrogens with one attached hydrogen (secondary N) is 1. The van der Waals surface area contributed by atoms with Crippen LogP contribution >= 0.6 is 24.0 Å². The summed E-state index contributed by atoms with van der Waals surface area (Å²) in [7, 11) is 1.88. The molecule has 3 rings (SSSR count). The normalized spacial score (nSPS) is 24.3. The Labute approximate surface area is 194 Å². The molecule has 3 fully saturated rings. The largest absolute Gasteiger partial charge is 0.355 e. The van der Waals surface area contributed by atoms with Gasteiger partial charge in [-0.25, -0.2) is 0 Å². The summed E-state index contributed by atoms with van der Waals surface area (Å²) in [4.78, 5) is 26.2. The van der Waals surface area contributed by atoms with E-state index in [1.54, 1.807) is 0 Å². The zero-order valence-corrected chi connectivity index (χ0v) is 20.9. The van der Waals surface area contributed by atoms with Gasteiger partial charge in [-0.1, -0.05) is 13.8 Å². The van der Waals surface area contributed by atoms with Gasteiger partial charge in [0.1, 0.15) is 0 Å². The summed E-state index contributed by atoms with van der Waals surface area (Å²) >= 11 is 0. The van der Waals surface area contributed by atoms with Gasteiger partial charge >= 0.3 is 0 Å². The maximum Gasteiger partial charge on any atom is 0.236 e. The summed E-state index contributed by atoms with van der Waals surface area (Å²) in [6.07, 6.45) is 4.92. The molecule has 1 atom stereocenters. The van der Waals surface area contributed by atoms with Crippen LogP contribution in [0.1, 0.15) is 39.5 Å². The second kappa shape index (κ2) is 12.3. The fourth-order valence-electron chi connectivity index (χ4n) is 4.75. The molecule has 0 aliphatic carbocycles. The summed E-state index contributed by atoms with van der Waals surface area (Å²) in [6.45, 7) is 14.2. The van der Waals surface area contributed by atoms with Crippen molar-refractivity contribution >= 4 is 35.8 Å². The number of halogens is 1. The summed E-state index contributed by atoms with van der Waals surface area (Å²) in [5, 5.41) is 3.63. The maximum absolute atomic E-state index is 12.4. The van der Waals surface area contributed by atoms with Crippen molar-refractivity contribution in [3.8, 4) is 0 Å². The molecular formula is C21H41IN6O. The van der Waals surface area contributed by atoms with E-state index in [1.165, 1.54) is 25.9 Å². The van der Waals surface area contributed by atoms with E-state index in [2.05, 4.69) is 38.9 Å². The van der Waals surface area contributed by atoms with Gasteiger partial charge in [0, 0.05) is 65.4 Å². The third-order valence-electron chi connectivity index (χ3n) is 6.30. The van der Waals surface area contributed by atoms with E-state index in [1.807, 2.05) is 11.9 Å². The second-order valence-electron chi connectivity index (χ2n) is 8.96. The van der Waals surface area contributed by atoms with E-state index in [0.717, 1.165) is 70.5 Å². The van der Waals surface area contributed by atoms with E-state index >= 15 is 0 Å². The van der Waals surface area contributed by atoms with Gasteiger partial charge in [0.15, 0.2) is 5.96 Å². The van der Waals surface area contributed by atoms with E-state index < -0.39 is 0 Å². The first-order chi connectivity index (χ1) is 13.6. The number of nitrogens with zero attached hydrogens (tertiary/aromatic N) is 5. The number of rotatable bonds is 6. The van der Waals surface area contributed by atoms with Crippen LogP contribution in [-0.4, -0.2) is 110 Å².